The van der Waals surface area contributed by atoms with E-state index in [0.717, 1.165) is 5.75 Å². The van der Waals surface area contributed by atoms with Gasteiger partial charge in [-0.15, -0.1) is 11.8 Å². The molecule has 0 amide bonds. The van der Waals surface area contributed by atoms with Crippen LogP contribution >= 0.6 is 19.4 Å². The third-order valence-electron chi connectivity index (χ3n) is 4.01. The zero-order valence-corrected chi connectivity index (χ0v) is 12.8. The fourth-order valence-corrected chi connectivity index (χ4v) is 7.12. The maximum absolute atomic E-state index is 12.7. The molecule has 1 N–H and O–H groups in total. The molecule has 2 aliphatic heterocycles. The summed E-state index contributed by atoms with van der Waals surface area (Å²) in [6, 6.07) is 0. The molecule has 3 rings (SSSR count). The Morgan fingerprint density at radius 2 is 1.83 bits per heavy atom. The van der Waals surface area contributed by atoms with Crippen LogP contribution in [0.3, 0.4) is 0 Å². The molecule has 0 aromatic carbocycles. The highest BCUT2D eigenvalue weighted by atomic mass is 32.2. The molecule has 4 nitrogen and oxygen atoms in total. The molecule has 0 aromatic heterocycles. The van der Waals surface area contributed by atoms with E-state index in [1.807, 2.05) is 11.8 Å². The van der Waals surface area contributed by atoms with Gasteiger partial charge in [0.05, 0.1) is 18.1 Å². The summed E-state index contributed by atoms with van der Waals surface area (Å²) in [6.07, 6.45) is 4.90. The first-order valence-electron chi connectivity index (χ1n) is 6.74. The predicted octanol–water partition coefficient (Wildman–Crippen LogP) is 3.19. The van der Waals surface area contributed by atoms with E-state index in [1.54, 1.807) is 0 Å². The van der Waals surface area contributed by atoms with Crippen LogP contribution in [0.4, 0.5) is 0 Å². The van der Waals surface area contributed by atoms with Gasteiger partial charge in [-0.05, 0) is 12.8 Å². The number of hydrogen-bond acceptors (Lipinski definition) is 5. The Morgan fingerprint density at radius 1 is 1.22 bits per heavy atom. The summed E-state index contributed by atoms with van der Waals surface area (Å²) in [4.78, 5) is 0.155. The van der Waals surface area contributed by atoms with Crippen molar-refractivity contribution in [2.24, 2.45) is 5.41 Å². The van der Waals surface area contributed by atoms with E-state index in [4.69, 9.17) is 9.05 Å². The number of hydrogen-bond donors (Lipinski definition) is 1. The largest absolute Gasteiger partial charge is 0.348 e. The fraction of sp³-hybridized carbons (Fsp3) is 1.00. The summed E-state index contributed by atoms with van der Waals surface area (Å²) in [6.45, 7) is 5.21. The smallest absolute Gasteiger partial charge is 0.307 e. The molecule has 1 aliphatic carbocycles. The Kier molecular flexibility index (Phi) is 3.35. The molecule has 1 atom stereocenters. The lowest BCUT2D eigenvalue weighted by atomic mass is 9.97. The van der Waals surface area contributed by atoms with Gasteiger partial charge in [-0.2, -0.15) is 0 Å². The first-order valence-corrected chi connectivity index (χ1v) is 9.33. The molecule has 1 spiro atoms. The lowest BCUT2D eigenvalue weighted by Gasteiger charge is -2.36. The number of thioether (sulfide) groups is 1. The summed E-state index contributed by atoms with van der Waals surface area (Å²) in [5.41, 5.74) is -0.0231. The fourth-order valence-electron chi connectivity index (χ4n) is 2.82. The zero-order valence-electron chi connectivity index (χ0n) is 11.1. The van der Waals surface area contributed by atoms with Gasteiger partial charge in [-0.3, -0.25) is 9.88 Å². The second-order valence-corrected chi connectivity index (χ2v) is 10.0. The van der Waals surface area contributed by atoms with E-state index in [-0.39, 0.29) is 16.1 Å². The highest BCUT2D eigenvalue weighted by molar-refractivity contribution is 8.01. The molecular weight excluding hydrogens is 269 g/mol. The highest BCUT2D eigenvalue weighted by Gasteiger charge is 2.51. The third-order valence-corrected chi connectivity index (χ3v) is 7.89. The molecule has 18 heavy (non-hydrogen) atoms. The summed E-state index contributed by atoms with van der Waals surface area (Å²) in [7, 11) is -2.95. The minimum atomic E-state index is -2.95. The van der Waals surface area contributed by atoms with Gasteiger partial charge < -0.3 is 9.05 Å². The monoisotopic (exact) mass is 291 g/mol. The molecule has 0 radical (unpaired) electrons. The summed E-state index contributed by atoms with van der Waals surface area (Å²) in [5, 5.41) is 3.55. The van der Waals surface area contributed by atoms with E-state index in [0.29, 0.717) is 13.2 Å². The molecule has 6 heteroatoms. The maximum atomic E-state index is 12.7. The molecule has 3 fully saturated rings. The molecular formula is C12H22NO3PS. The quantitative estimate of drug-likeness (QED) is 0.752. The molecule has 1 saturated carbocycles. The summed E-state index contributed by atoms with van der Waals surface area (Å²) in [5.74, 6) is 0.731. The van der Waals surface area contributed by atoms with Crippen LogP contribution in [0.5, 0.6) is 0 Å². The zero-order chi connectivity index (χ0) is 12.9. The molecule has 0 bridgehead atoms. The first-order chi connectivity index (χ1) is 8.43. The number of nitrogens with one attached hydrogen (secondary N) is 1. The van der Waals surface area contributed by atoms with Crippen LogP contribution in [0.15, 0.2) is 0 Å². The highest BCUT2D eigenvalue weighted by Crippen LogP contribution is 2.61. The third kappa shape index (κ3) is 2.40. The van der Waals surface area contributed by atoms with Crippen molar-refractivity contribution in [3.05, 3.63) is 0 Å². The van der Waals surface area contributed by atoms with Gasteiger partial charge in [-0.1, -0.05) is 26.7 Å². The van der Waals surface area contributed by atoms with E-state index < -0.39 is 7.60 Å². The second-order valence-electron chi connectivity index (χ2n) is 6.42. The molecule has 1 unspecified atom stereocenters. The Morgan fingerprint density at radius 3 is 2.44 bits per heavy atom. The Hall–Kier alpha value is 0.460. The standard InChI is InChI=1S/C12H22NO3PS/c1-11(2)8-15-17(14,16-9-11)10-7-18-12(13-10)5-3-4-6-12/h10,13H,3-9H2,1-2H3. The van der Waals surface area contributed by atoms with E-state index in [2.05, 4.69) is 19.2 Å². The normalized spacial score (nSPS) is 37.1. The topological polar surface area (TPSA) is 47.6 Å². The molecule has 104 valence electrons. The first kappa shape index (κ1) is 13.4. The average Bonchev–Trinajstić information content (AvgIpc) is 2.95. The van der Waals surface area contributed by atoms with Crippen LogP contribution in [0.25, 0.3) is 0 Å². The van der Waals surface area contributed by atoms with E-state index >= 15 is 0 Å². The van der Waals surface area contributed by atoms with Crippen molar-refractivity contribution >= 4 is 19.4 Å². The van der Waals surface area contributed by atoms with Crippen molar-refractivity contribution < 1.29 is 13.6 Å². The molecule has 0 aromatic rings. The van der Waals surface area contributed by atoms with Crippen LogP contribution in [0.2, 0.25) is 0 Å². The van der Waals surface area contributed by atoms with Crippen LogP contribution in [-0.2, 0) is 13.6 Å². The minimum Gasteiger partial charge on any atom is -0.307 e. The maximum Gasteiger partial charge on any atom is 0.348 e. The lowest BCUT2D eigenvalue weighted by molar-refractivity contribution is 0.0372. The second kappa shape index (κ2) is 4.49. The van der Waals surface area contributed by atoms with Gasteiger partial charge in [0, 0.05) is 11.2 Å². The SMILES string of the molecule is CC1(C)COP(=O)(C2CSC3(CCCC3)N2)OC1. The van der Waals surface area contributed by atoms with E-state index in [9.17, 15) is 4.57 Å². The Labute approximate surface area is 113 Å². The van der Waals surface area contributed by atoms with Crippen molar-refractivity contribution in [1.82, 2.24) is 5.32 Å². The van der Waals surface area contributed by atoms with Gasteiger partial charge in [0.1, 0.15) is 5.78 Å². The molecule has 2 saturated heterocycles. The van der Waals surface area contributed by atoms with Crippen LogP contribution in [0.1, 0.15) is 39.5 Å². The van der Waals surface area contributed by atoms with Gasteiger partial charge >= 0.3 is 7.60 Å². The van der Waals surface area contributed by atoms with Gasteiger partial charge in [-0.25, -0.2) is 0 Å². The number of rotatable bonds is 1. The molecule has 3 aliphatic rings. The Bertz CT molecular complexity index is 368. The lowest BCUT2D eigenvalue weighted by Crippen LogP contribution is -2.42. The predicted molar refractivity (Wildman–Crippen MR) is 73.9 cm³/mol. The van der Waals surface area contributed by atoms with Crippen LogP contribution in [-0.4, -0.2) is 29.6 Å². The van der Waals surface area contributed by atoms with Crippen LogP contribution < -0.4 is 5.32 Å². The van der Waals surface area contributed by atoms with Crippen molar-refractivity contribution in [3.63, 3.8) is 0 Å². The average molecular weight is 291 g/mol. The van der Waals surface area contributed by atoms with Gasteiger partial charge in [0.15, 0.2) is 0 Å². The van der Waals surface area contributed by atoms with Crippen molar-refractivity contribution in [3.8, 4) is 0 Å². The van der Waals surface area contributed by atoms with Crippen molar-refractivity contribution in [1.29, 1.82) is 0 Å². The van der Waals surface area contributed by atoms with Gasteiger partial charge in [0.25, 0.3) is 0 Å². The van der Waals surface area contributed by atoms with E-state index in [1.165, 1.54) is 25.7 Å². The summed E-state index contributed by atoms with van der Waals surface area (Å²) < 4.78 is 24.0. The Balaban J connectivity index is 1.67. The minimum absolute atomic E-state index is 0.0231. The van der Waals surface area contributed by atoms with Crippen molar-refractivity contribution in [2.75, 3.05) is 19.0 Å². The summed E-state index contributed by atoms with van der Waals surface area (Å²) >= 11 is 1.91. The van der Waals surface area contributed by atoms with Crippen LogP contribution in [0, 0.1) is 5.41 Å². The molecule has 2 heterocycles. The van der Waals surface area contributed by atoms with Gasteiger partial charge in [0.2, 0.25) is 0 Å². The van der Waals surface area contributed by atoms with Crippen molar-refractivity contribution in [2.45, 2.75) is 50.2 Å².